The Morgan fingerprint density at radius 2 is 1.83 bits per heavy atom. The van der Waals surface area contributed by atoms with Crippen LogP contribution in [-0.2, 0) is 18.3 Å². The van der Waals surface area contributed by atoms with Crippen molar-refractivity contribution < 1.29 is 14.3 Å². The number of rotatable bonds is 4. The van der Waals surface area contributed by atoms with Gasteiger partial charge in [0.1, 0.15) is 0 Å². The first-order valence-corrected chi connectivity index (χ1v) is 6.92. The molecule has 23 heavy (non-hydrogen) atoms. The lowest BCUT2D eigenvalue weighted by molar-refractivity contribution is 0.187. The van der Waals surface area contributed by atoms with E-state index in [-0.39, 0.29) is 6.03 Å². The minimum absolute atomic E-state index is 0.234. The van der Waals surface area contributed by atoms with Gasteiger partial charge in [-0.25, -0.2) is 9.59 Å². The molecule has 0 bridgehead atoms. The largest absolute Gasteiger partial charge is 0.453 e. The number of hydrogen-bond acceptors (Lipinski definition) is 4. The number of ether oxygens (including phenoxy) is 1. The molecular weight excluding hydrogens is 298 g/mol. The number of amides is 3. The average Bonchev–Trinajstić information content (AvgIpc) is 2.94. The van der Waals surface area contributed by atoms with E-state index in [0.717, 1.165) is 5.56 Å². The van der Waals surface area contributed by atoms with Crippen LogP contribution in [0.2, 0.25) is 0 Å². The first kappa shape index (κ1) is 16.3. The molecule has 1 aromatic carbocycles. The number of carbonyl (C=O) groups is 2. The van der Waals surface area contributed by atoms with Crippen molar-refractivity contribution in [1.82, 2.24) is 14.7 Å². The molecule has 2 N–H and O–H groups in total. The van der Waals surface area contributed by atoms with Crippen LogP contribution in [0.1, 0.15) is 5.56 Å². The van der Waals surface area contributed by atoms with Gasteiger partial charge in [-0.2, -0.15) is 5.10 Å². The van der Waals surface area contributed by atoms with E-state index in [1.807, 2.05) is 13.2 Å². The molecule has 0 aliphatic carbocycles. The minimum Gasteiger partial charge on any atom is -0.453 e. The Balaban J connectivity index is 1.90. The monoisotopic (exact) mass is 317 g/mol. The maximum absolute atomic E-state index is 12.1. The van der Waals surface area contributed by atoms with Gasteiger partial charge in [0.05, 0.1) is 19.9 Å². The summed E-state index contributed by atoms with van der Waals surface area (Å²) in [5.74, 6) is 0. The van der Waals surface area contributed by atoms with Crippen LogP contribution in [0.5, 0.6) is 0 Å². The van der Waals surface area contributed by atoms with Gasteiger partial charge in [-0.3, -0.25) is 10.00 Å². The number of aromatic nitrogens is 2. The van der Waals surface area contributed by atoms with Crippen molar-refractivity contribution in [2.45, 2.75) is 6.54 Å². The van der Waals surface area contributed by atoms with Crippen molar-refractivity contribution in [2.75, 3.05) is 24.8 Å². The van der Waals surface area contributed by atoms with Crippen LogP contribution in [0, 0.1) is 0 Å². The first-order valence-electron chi connectivity index (χ1n) is 6.92. The fraction of sp³-hybridized carbons (Fsp3) is 0.267. The minimum atomic E-state index is -0.544. The topological polar surface area (TPSA) is 88.5 Å². The maximum atomic E-state index is 12.1. The van der Waals surface area contributed by atoms with Gasteiger partial charge in [0, 0.05) is 37.2 Å². The van der Waals surface area contributed by atoms with Gasteiger partial charge >= 0.3 is 12.1 Å². The first-order chi connectivity index (χ1) is 11.0. The Morgan fingerprint density at radius 1 is 1.22 bits per heavy atom. The van der Waals surface area contributed by atoms with Crippen molar-refractivity contribution in [1.29, 1.82) is 0 Å². The van der Waals surface area contributed by atoms with E-state index in [4.69, 9.17) is 0 Å². The molecule has 0 spiro atoms. The smallest absolute Gasteiger partial charge is 0.411 e. The van der Waals surface area contributed by atoms with Crippen LogP contribution in [0.4, 0.5) is 21.0 Å². The highest BCUT2D eigenvalue weighted by atomic mass is 16.5. The normalized spacial score (nSPS) is 10.0. The summed E-state index contributed by atoms with van der Waals surface area (Å²) in [6, 6.07) is 6.51. The third-order valence-corrected chi connectivity index (χ3v) is 3.09. The number of methoxy groups -OCH3 is 1. The van der Waals surface area contributed by atoms with Crippen LogP contribution >= 0.6 is 0 Å². The molecule has 0 radical (unpaired) electrons. The zero-order valence-corrected chi connectivity index (χ0v) is 13.2. The quantitative estimate of drug-likeness (QED) is 0.905. The fourth-order valence-electron chi connectivity index (χ4n) is 1.92. The molecule has 8 nitrogen and oxygen atoms in total. The Morgan fingerprint density at radius 3 is 2.35 bits per heavy atom. The Labute approximate surface area is 134 Å². The number of hydrogen-bond donors (Lipinski definition) is 2. The Kier molecular flexibility index (Phi) is 5.19. The van der Waals surface area contributed by atoms with Gasteiger partial charge in [0.25, 0.3) is 0 Å². The fourth-order valence-corrected chi connectivity index (χ4v) is 1.92. The molecule has 0 aliphatic rings. The van der Waals surface area contributed by atoms with E-state index in [1.165, 1.54) is 7.11 Å². The van der Waals surface area contributed by atoms with Gasteiger partial charge < -0.3 is 15.0 Å². The van der Waals surface area contributed by atoms with Crippen LogP contribution in [0.15, 0.2) is 36.7 Å². The molecule has 0 unspecified atom stereocenters. The second kappa shape index (κ2) is 7.30. The molecule has 8 heteroatoms. The molecular formula is C15H19N5O3. The number of urea groups is 1. The summed E-state index contributed by atoms with van der Waals surface area (Å²) in [5, 5.41) is 9.38. The predicted molar refractivity (Wildman–Crippen MR) is 86.2 cm³/mol. The molecule has 2 aromatic rings. The molecule has 0 aliphatic heterocycles. The zero-order valence-electron chi connectivity index (χ0n) is 13.2. The van der Waals surface area contributed by atoms with Crippen molar-refractivity contribution in [2.24, 2.45) is 7.05 Å². The van der Waals surface area contributed by atoms with Gasteiger partial charge in [0.2, 0.25) is 0 Å². The SMILES string of the molecule is COC(=O)Nc1ccc(NC(=O)N(C)Cc2cnn(C)c2)cc1. The number of nitrogens with one attached hydrogen (secondary N) is 2. The molecule has 2 rings (SSSR count). The standard InChI is InChI=1S/C15H19N5O3/c1-19(9-11-8-16-20(2)10-11)14(21)17-12-4-6-13(7-5-12)18-15(22)23-3/h4-8,10H,9H2,1-3H3,(H,17,21)(H,18,22). The lowest BCUT2D eigenvalue weighted by Gasteiger charge is -2.17. The van der Waals surface area contributed by atoms with Crippen LogP contribution in [0.25, 0.3) is 0 Å². The van der Waals surface area contributed by atoms with E-state index in [0.29, 0.717) is 17.9 Å². The van der Waals surface area contributed by atoms with Gasteiger partial charge in [-0.1, -0.05) is 0 Å². The molecule has 0 saturated heterocycles. The lowest BCUT2D eigenvalue weighted by Crippen LogP contribution is -2.30. The van der Waals surface area contributed by atoms with Gasteiger partial charge in [0.15, 0.2) is 0 Å². The average molecular weight is 317 g/mol. The number of aryl methyl sites for hydroxylation is 1. The summed E-state index contributed by atoms with van der Waals surface area (Å²) in [5.41, 5.74) is 2.16. The summed E-state index contributed by atoms with van der Waals surface area (Å²) >= 11 is 0. The van der Waals surface area contributed by atoms with E-state index in [2.05, 4.69) is 20.5 Å². The van der Waals surface area contributed by atoms with Crippen molar-refractivity contribution in [3.63, 3.8) is 0 Å². The summed E-state index contributed by atoms with van der Waals surface area (Å²) in [7, 11) is 4.82. The lowest BCUT2D eigenvalue weighted by atomic mass is 10.3. The van der Waals surface area contributed by atoms with Crippen molar-refractivity contribution in [3.8, 4) is 0 Å². The van der Waals surface area contributed by atoms with E-state index in [1.54, 1.807) is 47.1 Å². The molecule has 0 atom stereocenters. The number of anilines is 2. The summed E-state index contributed by atoms with van der Waals surface area (Å²) in [4.78, 5) is 24.8. The molecule has 1 aromatic heterocycles. The number of benzene rings is 1. The summed E-state index contributed by atoms with van der Waals surface area (Å²) in [6.45, 7) is 0.460. The third-order valence-electron chi connectivity index (χ3n) is 3.09. The van der Waals surface area contributed by atoms with Gasteiger partial charge in [-0.05, 0) is 24.3 Å². The van der Waals surface area contributed by atoms with E-state index in [9.17, 15) is 9.59 Å². The molecule has 1 heterocycles. The summed E-state index contributed by atoms with van der Waals surface area (Å²) in [6.07, 6.45) is 3.03. The van der Waals surface area contributed by atoms with Crippen molar-refractivity contribution >= 4 is 23.5 Å². The van der Waals surface area contributed by atoms with E-state index >= 15 is 0 Å². The highest BCUT2D eigenvalue weighted by Gasteiger charge is 2.10. The molecule has 3 amide bonds. The number of nitrogens with zero attached hydrogens (tertiary/aromatic N) is 3. The highest BCUT2D eigenvalue weighted by Crippen LogP contribution is 2.14. The molecule has 0 fully saturated rings. The van der Waals surface area contributed by atoms with Crippen LogP contribution < -0.4 is 10.6 Å². The Hall–Kier alpha value is -3.03. The number of carbonyl (C=O) groups excluding carboxylic acids is 2. The predicted octanol–water partition coefficient (Wildman–Crippen LogP) is 2.26. The second-order valence-electron chi connectivity index (χ2n) is 5.00. The highest BCUT2D eigenvalue weighted by molar-refractivity contribution is 5.90. The van der Waals surface area contributed by atoms with E-state index < -0.39 is 6.09 Å². The van der Waals surface area contributed by atoms with Crippen molar-refractivity contribution in [3.05, 3.63) is 42.2 Å². The zero-order chi connectivity index (χ0) is 16.8. The van der Waals surface area contributed by atoms with Gasteiger partial charge in [-0.15, -0.1) is 0 Å². The molecule has 0 saturated carbocycles. The van der Waals surface area contributed by atoms with Crippen LogP contribution in [-0.4, -0.2) is 41.0 Å². The van der Waals surface area contributed by atoms with Crippen LogP contribution in [0.3, 0.4) is 0 Å². The Bertz CT molecular complexity index is 681. The maximum Gasteiger partial charge on any atom is 0.411 e. The molecule has 122 valence electrons. The second-order valence-corrected chi connectivity index (χ2v) is 5.00. The summed E-state index contributed by atoms with van der Waals surface area (Å²) < 4.78 is 6.19. The third kappa shape index (κ3) is 4.73.